The molecule has 0 aliphatic heterocycles. The fourth-order valence-corrected chi connectivity index (χ4v) is 6.04. The number of nitrogens with one attached hydrogen (secondary N) is 2. The van der Waals surface area contributed by atoms with E-state index in [0.29, 0.717) is 11.4 Å². The van der Waals surface area contributed by atoms with Crippen molar-refractivity contribution in [1.29, 1.82) is 0 Å². The second-order valence-corrected chi connectivity index (χ2v) is 12.5. The molecule has 1 amide bonds. The second kappa shape index (κ2) is 11.1. The van der Waals surface area contributed by atoms with E-state index < -0.39 is 32.0 Å². The van der Waals surface area contributed by atoms with Gasteiger partial charge in [0.2, 0.25) is 15.9 Å². The maximum Gasteiger partial charge on any atom is 0.261 e. The third-order valence-electron chi connectivity index (χ3n) is 5.01. The first kappa shape index (κ1) is 27.8. The summed E-state index contributed by atoms with van der Waals surface area (Å²) in [5.74, 6) is -0.272. The third-order valence-corrected chi connectivity index (χ3v) is 8.47. The molecule has 36 heavy (non-hydrogen) atoms. The first-order valence-corrected chi connectivity index (χ1v) is 14.8. The van der Waals surface area contributed by atoms with Gasteiger partial charge in [0.15, 0.2) is 0 Å². The molecule has 2 N–H and O–H groups in total. The van der Waals surface area contributed by atoms with Crippen molar-refractivity contribution < 1.29 is 26.4 Å². The van der Waals surface area contributed by atoms with E-state index in [9.17, 15) is 21.6 Å². The van der Waals surface area contributed by atoms with Crippen LogP contribution in [0.15, 0.2) is 76.1 Å². The average Bonchev–Trinajstić information content (AvgIpc) is 2.80. The van der Waals surface area contributed by atoms with Crippen LogP contribution in [-0.2, 0) is 24.8 Å². The molecule has 0 heterocycles. The summed E-state index contributed by atoms with van der Waals surface area (Å²) < 4.78 is 59.7. The number of ether oxygens (including phenoxy) is 1. The number of methoxy groups -OCH3 is 1. The first-order chi connectivity index (χ1) is 16.8. The van der Waals surface area contributed by atoms with Gasteiger partial charge >= 0.3 is 0 Å². The fraction of sp³-hybridized carbons (Fsp3) is 0.174. The molecule has 3 aromatic carbocycles. The minimum absolute atomic E-state index is 0.0119. The molecule has 0 spiro atoms. The largest absolute Gasteiger partial charge is 0.495 e. The molecule has 9 nitrogen and oxygen atoms in total. The highest BCUT2D eigenvalue weighted by molar-refractivity contribution is 9.10. The minimum Gasteiger partial charge on any atom is -0.495 e. The van der Waals surface area contributed by atoms with Gasteiger partial charge in [0, 0.05) is 15.8 Å². The van der Waals surface area contributed by atoms with Crippen molar-refractivity contribution in [2.75, 3.05) is 27.7 Å². The second-order valence-electron chi connectivity index (χ2n) is 7.68. The molecule has 3 rings (SSSR count). The van der Waals surface area contributed by atoms with Crippen molar-refractivity contribution in [3.05, 3.63) is 76.2 Å². The topological polar surface area (TPSA) is 122 Å². The van der Waals surface area contributed by atoms with E-state index in [4.69, 9.17) is 16.3 Å². The number of rotatable bonds is 9. The molecule has 0 aromatic heterocycles. The number of sulfonamides is 2. The molecule has 0 aliphatic carbocycles. The molecular weight excluding hydrogens is 594 g/mol. The first-order valence-electron chi connectivity index (χ1n) is 10.3. The Balaban J connectivity index is 1.77. The Hall–Kier alpha value is -2.80. The maximum absolute atomic E-state index is 12.9. The molecule has 0 unspecified atom stereocenters. The Labute approximate surface area is 223 Å². The summed E-state index contributed by atoms with van der Waals surface area (Å²) in [6.45, 7) is 1.43. The predicted molar refractivity (Wildman–Crippen MR) is 145 cm³/mol. The highest BCUT2D eigenvalue weighted by Gasteiger charge is 2.30. The number of hydrogen-bond acceptors (Lipinski definition) is 6. The molecule has 0 bridgehead atoms. The van der Waals surface area contributed by atoms with Gasteiger partial charge in [-0.15, -0.1) is 0 Å². The smallest absolute Gasteiger partial charge is 0.261 e. The van der Waals surface area contributed by atoms with Crippen LogP contribution in [0.1, 0.15) is 6.92 Å². The lowest BCUT2D eigenvalue weighted by molar-refractivity contribution is -0.116. The number of carbonyl (C=O) groups is 1. The van der Waals surface area contributed by atoms with Crippen LogP contribution < -0.4 is 19.1 Å². The highest BCUT2D eigenvalue weighted by Crippen LogP contribution is 2.31. The van der Waals surface area contributed by atoms with Crippen molar-refractivity contribution in [2.45, 2.75) is 17.9 Å². The van der Waals surface area contributed by atoms with E-state index in [0.717, 1.165) is 15.0 Å². The number of nitrogens with zero attached hydrogens (tertiary/aromatic N) is 1. The molecule has 13 heteroatoms. The standard InChI is InChI=1S/C23H23BrClN3O6S2/c1-15(28(35(3,30)31)19-10-13-22(34-2)21(25)14-19)23(29)26-17-8-11-20(12-9-17)36(32,33)27-18-6-4-16(24)5-7-18/h4-15,27H,1-3H3,(H,26,29)/t15-/m0/s1. The van der Waals surface area contributed by atoms with Crippen LogP contribution in [0.5, 0.6) is 5.75 Å². The Kier molecular flexibility index (Phi) is 8.55. The van der Waals surface area contributed by atoms with Crippen molar-refractivity contribution in [3.63, 3.8) is 0 Å². The van der Waals surface area contributed by atoms with Crippen molar-refractivity contribution in [2.24, 2.45) is 0 Å². The summed E-state index contributed by atoms with van der Waals surface area (Å²) in [5.41, 5.74) is 0.867. The Bertz CT molecular complexity index is 1460. The van der Waals surface area contributed by atoms with Gasteiger partial charge in [-0.3, -0.25) is 13.8 Å². The van der Waals surface area contributed by atoms with Gasteiger partial charge in [-0.05, 0) is 73.7 Å². The van der Waals surface area contributed by atoms with Crippen LogP contribution in [-0.4, -0.2) is 42.2 Å². The lowest BCUT2D eigenvalue weighted by Crippen LogP contribution is -2.45. The summed E-state index contributed by atoms with van der Waals surface area (Å²) in [7, 11) is -6.29. The van der Waals surface area contributed by atoms with Gasteiger partial charge in [0.25, 0.3) is 10.0 Å². The molecule has 0 saturated heterocycles. The van der Waals surface area contributed by atoms with Crippen LogP contribution in [0.3, 0.4) is 0 Å². The molecule has 3 aromatic rings. The zero-order chi connectivity index (χ0) is 26.7. The van der Waals surface area contributed by atoms with Gasteiger partial charge in [0.1, 0.15) is 11.8 Å². The van der Waals surface area contributed by atoms with Crippen LogP contribution in [0.25, 0.3) is 0 Å². The van der Waals surface area contributed by atoms with Gasteiger partial charge in [0.05, 0.1) is 29.0 Å². The summed E-state index contributed by atoms with van der Waals surface area (Å²) in [5, 5.41) is 2.80. The van der Waals surface area contributed by atoms with Gasteiger partial charge < -0.3 is 10.1 Å². The summed E-state index contributed by atoms with van der Waals surface area (Å²) in [4.78, 5) is 12.9. The van der Waals surface area contributed by atoms with Crippen LogP contribution in [0.2, 0.25) is 5.02 Å². The van der Waals surface area contributed by atoms with E-state index in [1.807, 2.05) is 0 Å². The number of carbonyl (C=O) groups excluding carboxylic acids is 1. The van der Waals surface area contributed by atoms with E-state index in [1.54, 1.807) is 24.3 Å². The zero-order valence-electron chi connectivity index (χ0n) is 19.4. The number of amides is 1. The quantitative estimate of drug-likeness (QED) is 0.359. The van der Waals surface area contributed by atoms with Gasteiger partial charge in [-0.25, -0.2) is 16.8 Å². The van der Waals surface area contributed by atoms with E-state index in [2.05, 4.69) is 26.0 Å². The minimum atomic E-state index is -3.87. The summed E-state index contributed by atoms with van der Waals surface area (Å²) in [6, 6.07) is 15.4. The number of halogens is 2. The summed E-state index contributed by atoms with van der Waals surface area (Å²) >= 11 is 9.43. The lowest BCUT2D eigenvalue weighted by Gasteiger charge is -2.28. The lowest BCUT2D eigenvalue weighted by atomic mass is 10.2. The molecule has 0 fully saturated rings. The predicted octanol–water partition coefficient (Wildman–Crippen LogP) is 4.71. The maximum atomic E-state index is 12.9. The van der Waals surface area contributed by atoms with Gasteiger partial charge in [-0.2, -0.15) is 0 Å². The Morgan fingerprint density at radius 2 is 1.56 bits per heavy atom. The number of anilines is 3. The van der Waals surface area contributed by atoms with E-state index in [-0.39, 0.29) is 21.3 Å². The van der Waals surface area contributed by atoms with Crippen molar-refractivity contribution >= 4 is 70.5 Å². The van der Waals surface area contributed by atoms with E-state index in [1.165, 1.54) is 56.5 Å². The zero-order valence-corrected chi connectivity index (χ0v) is 23.4. The Morgan fingerprint density at radius 3 is 2.08 bits per heavy atom. The SMILES string of the molecule is COc1ccc(N([C@@H](C)C(=O)Nc2ccc(S(=O)(=O)Nc3ccc(Br)cc3)cc2)S(C)(=O)=O)cc1Cl. The normalized spacial score (nSPS) is 12.5. The molecule has 1 atom stereocenters. The van der Waals surface area contributed by atoms with Crippen molar-refractivity contribution in [1.82, 2.24) is 0 Å². The van der Waals surface area contributed by atoms with E-state index >= 15 is 0 Å². The van der Waals surface area contributed by atoms with Gasteiger partial charge in [-0.1, -0.05) is 27.5 Å². The molecular formula is C23H23BrClN3O6S2. The van der Waals surface area contributed by atoms with Crippen LogP contribution in [0.4, 0.5) is 17.1 Å². The molecule has 0 aliphatic rings. The fourth-order valence-electron chi connectivity index (χ4n) is 3.30. The number of benzene rings is 3. The number of hydrogen-bond donors (Lipinski definition) is 2. The van der Waals surface area contributed by atoms with Crippen LogP contribution >= 0.6 is 27.5 Å². The third kappa shape index (κ3) is 6.69. The van der Waals surface area contributed by atoms with Crippen molar-refractivity contribution in [3.8, 4) is 5.75 Å². The monoisotopic (exact) mass is 615 g/mol. The molecule has 0 saturated carbocycles. The molecule has 0 radical (unpaired) electrons. The average molecular weight is 617 g/mol. The molecule has 192 valence electrons. The van der Waals surface area contributed by atoms with Crippen LogP contribution in [0, 0.1) is 0 Å². The summed E-state index contributed by atoms with van der Waals surface area (Å²) in [6.07, 6.45) is 0.979. The Morgan fingerprint density at radius 1 is 0.972 bits per heavy atom. The highest BCUT2D eigenvalue weighted by atomic mass is 79.9.